The molecule has 2 heterocycles. The second-order valence-electron chi connectivity index (χ2n) is 6.87. The third-order valence-corrected chi connectivity index (χ3v) is 5.37. The number of ether oxygens (including phenoxy) is 1. The molecule has 0 aromatic carbocycles. The molecule has 6 nitrogen and oxygen atoms in total. The van der Waals surface area contributed by atoms with Crippen LogP contribution in [-0.2, 0) is 4.74 Å². The fraction of sp³-hybridized carbons (Fsp3) is 0.684. The van der Waals surface area contributed by atoms with Crippen molar-refractivity contribution in [3.63, 3.8) is 0 Å². The third kappa shape index (κ3) is 5.59. The molecule has 1 fully saturated rings. The number of hydrogen-bond acceptors (Lipinski definition) is 6. The maximum absolute atomic E-state index is 12.7. The highest BCUT2D eigenvalue weighted by Gasteiger charge is 2.21. The van der Waals surface area contributed by atoms with Crippen molar-refractivity contribution >= 4 is 23.5 Å². The molecule has 1 atom stereocenters. The zero-order valence-corrected chi connectivity index (χ0v) is 17.1. The minimum absolute atomic E-state index is 0.115. The first-order valence-electron chi connectivity index (χ1n) is 9.37. The number of anilines is 1. The minimum Gasteiger partial charge on any atom is -0.393 e. The van der Waals surface area contributed by atoms with E-state index in [1.807, 2.05) is 26.8 Å². The van der Waals surface area contributed by atoms with Gasteiger partial charge in [-0.1, -0.05) is 20.8 Å². The zero-order valence-electron chi connectivity index (χ0n) is 16.2. The number of aromatic nitrogens is 1. The number of nitrogens with zero attached hydrogens (tertiary/aromatic N) is 2. The Kier molecular flexibility index (Phi) is 8.18. The Bertz CT molecular complexity index is 604. The van der Waals surface area contributed by atoms with Crippen molar-refractivity contribution < 1.29 is 14.6 Å². The van der Waals surface area contributed by atoms with Crippen LogP contribution in [0.3, 0.4) is 0 Å². The topological polar surface area (TPSA) is 74.7 Å². The first-order chi connectivity index (χ1) is 12.4. The van der Waals surface area contributed by atoms with Crippen molar-refractivity contribution in [2.45, 2.75) is 45.2 Å². The first kappa shape index (κ1) is 21.0. The quantitative estimate of drug-likeness (QED) is 0.674. The fourth-order valence-corrected chi connectivity index (χ4v) is 3.68. The number of pyridine rings is 1. The lowest BCUT2D eigenvalue weighted by atomic mass is 10.0. The van der Waals surface area contributed by atoms with Gasteiger partial charge in [0, 0.05) is 19.6 Å². The molecule has 1 saturated heterocycles. The van der Waals surface area contributed by atoms with Crippen LogP contribution in [0, 0.1) is 12.8 Å². The maximum atomic E-state index is 12.7. The van der Waals surface area contributed by atoms with Gasteiger partial charge < -0.3 is 20.1 Å². The third-order valence-electron chi connectivity index (χ3n) is 4.51. The van der Waals surface area contributed by atoms with Crippen LogP contribution in [-0.4, -0.2) is 60.7 Å². The number of thioether (sulfide) groups is 1. The standard InChI is InChI=1S/C19H31N3O3S/c1-5-26-19-17(18(24)20-7-6-15(23)13(2)3)14(4)12-16(21-19)22-8-10-25-11-9-22/h12-13,15,23H,5-11H2,1-4H3,(H,20,24). The maximum Gasteiger partial charge on any atom is 0.254 e. The Morgan fingerprint density at radius 3 is 2.73 bits per heavy atom. The number of rotatable bonds is 8. The molecule has 146 valence electrons. The number of carbonyl (C=O) groups is 1. The molecule has 1 amide bonds. The van der Waals surface area contributed by atoms with Gasteiger partial charge in [-0.25, -0.2) is 4.98 Å². The number of nitrogens with one attached hydrogen (secondary N) is 1. The number of hydrogen-bond donors (Lipinski definition) is 2. The van der Waals surface area contributed by atoms with Gasteiger partial charge in [0.25, 0.3) is 5.91 Å². The van der Waals surface area contributed by atoms with E-state index in [1.165, 1.54) is 0 Å². The summed E-state index contributed by atoms with van der Waals surface area (Å²) in [6.07, 6.45) is 0.153. The van der Waals surface area contributed by atoms with Crippen LogP contribution in [0.1, 0.15) is 43.1 Å². The summed E-state index contributed by atoms with van der Waals surface area (Å²) < 4.78 is 5.41. The van der Waals surface area contributed by atoms with Gasteiger partial charge >= 0.3 is 0 Å². The van der Waals surface area contributed by atoms with Gasteiger partial charge in [-0.15, -0.1) is 11.8 Å². The molecule has 0 spiro atoms. The van der Waals surface area contributed by atoms with Crippen LogP contribution in [0.4, 0.5) is 5.82 Å². The van der Waals surface area contributed by atoms with Gasteiger partial charge in [-0.3, -0.25) is 4.79 Å². The molecule has 2 N–H and O–H groups in total. The van der Waals surface area contributed by atoms with E-state index in [0.29, 0.717) is 31.7 Å². The summed E-state index contributed by atoms with van der Waals surface area (Å²) in [5.41, 5.74) is 1.58. The highest BCUT2D eigenvalue weighted by Crippen LogP contribution is 2.28. The lowest BCUT2D eigenvalue weighted by Gasteiger charge is -2.29. The van der Waals surface area contributed by atoms with Gasteiger partial charge in [0.05, 0.1) is 24.9 Å². The predicted octanol–water partition coefficient (Wildman–Crippen LogP) is 2.48. The number of carbonyl (C=O) groups excluding carboxylic acids is 1. The lowest BCUT2D eigenvalue weighted by Crippen LogP contribution is -2.37. The first-order valence-corrected chi connectivity index (χ1v) is 10.4. The molecule has 7 heteroatoms. The van der Waals surface area contributed by atoms with Crippen molar-refractivity contribution in [2.24, 2.45) is 5.92 Å². The van der Waals surface area contributed by atoms with Crippen molar-refractivity contribution in [3.8, 4) is 0 Å². The van der Waals surface area contributed by atoms with E-state index >= 15 is 0 Å². The van der Waals surface area contributed by atoms with Crippen LogP contribution in [0.15, 0.2) is 11.1 Å². The van der Waals surface area contributed by atoms with E-state index < -0.39 is 6.10 Å². The van der Waals surface area contributed by atoms with Crippen molar-refractivity contribution in [2.75, 3.05) is 43.5 Å². The summed E-state index contributed by atoms with van der Waals surface area (Å²) in [7, 11) is 0. The summed E-state index contributed by atoms with van der Waals surface area (Å²) in [5.74, 6) is 1.84. The van der Waals surface area contributed by atoms with E-state index in [2.05, 4.69) is 17.1 Å². The van der Waals surface area contributed by atoms with E-state index in [-0.39, 0.29) is 11.8 Å². The SMILES string of the molecule is CCSc1nc(N2CCOCC2)cc(C)c1C(=O)NCCC(O)C(C)C. The highest BCUT2D eigenvalue weighted by molar-refractivity contribution is 7.99. The number of aryl methyl sites for hydroxylation is 1. The Hall–Kier alpha value is -1.31. The second-order valence-corrected chi connectivity index (χ2v) is 8.12. The Morgan fingerprint density at radius 2 is 2.12 bits per heavy atom. The number of amides is 1. The van der Waals surface area contributed by atoms with E-state index in [9.17, 15) is 9.90 Å². The van der Waals surface area contributed by atoms with E-state index in [0.717, 1.165) is 35.2 Å². The van der Waals surface area contributed by atoms with Gasteiger partial charge in [-0.2, -0.15) is 0 Å². The van der Waals surface area contributed by atoms with Crippen LogP contribution in [0.2, 0.25) is 0 Å². The van der Waals surface area contributed by atoms with Crippen LogP contribution in [0.5, 0.6) is 0 Å². The molecule has 26 heavy (non-hydrogen) atoms. The average Bonchev–Trinajstić information content (AvgIpc) is 2.62. The summed E-state index contributed by atoms with van der Waals surface area (Å²) in [6.45, 7) is 11.5. The largest absolute Gasteiger partial charge is 0.393 e. The van der Waals surface area contributed by atoms with E-state index in [4.69, 9.17) is 9.72 Å². The summed E-state index contributed by atoms with van der Waals surface area (Å²) in [5, 5.41) is 13.6. The second kappa shape index (κ2) is 10.1. The molecular formula is C19H31N3O3S. The van der Waals surface area contributed by atoms with Crippen molar-refractivity contribution in [3.05, 3.63) is 17.2 Å². The summed E-state index contributed by atoms with van der Waals surface area (Å²) >= 11 is 1.59. The minimum atomic E-state index is -0.400. The lowest BCUT2D eigenvalue weighted by molar-refractivity contribution is 0.0916. The summed E-state index contributed by atoms with van der Waals surface area (Å²) in [6, 6.07) is 1.99. The molecule has 1 aromatic rings. The molecule has 1 aliphatic heterocycles. The molecule has 0 saturated carbocycles. The van der Waals surface area contributed by atoms with Gasteiger partial charge in [0.15, 0.2) is 0 Å². The molecule has 0 aliphatic carbocycles. The average molecular weight is 382 g/mol. The van der Waals surface area contributed by atoms with Gasteiger partial charge in [0.1, 0.15) is 10.8 Å². The molecule has 0 radical (unpaired) electrons. The Morgan fingerprint density at radius 1 is 1.42 bits per heavy atom. The number of aliphatic hydroxyl groups is 1. The molecule has 1 aliphatic rings. The van der Waals surface area contributed by atoms with Crippen molar-refractivity contribution in [1.82, 2.24) is 10.3 Å². The molecule has 0 bridgehead atoms. The van der Waals surface area contributed by atoms with Crippen LogP contribution >= 0.6 is 11.8 Å². The van der Waals surface area contributed by atoms with Gasteiger partial charge in [0.2, 0.25) is 0 Å². The van der Waals surface area contributed by atoms with Crippen LogP contribution in [0.25, 0.3) is 0 Å². The van der Waals surface area contributed by atoms with Gasteiger partial charge in [-0.05, 0) is 36.6 Å². The molecular weight excluding hydrogens is 350 g/mol. The smallest absolute Gasteiger partial charge is 0.254 e. The van der Waals surface area contributed by atoms with Crippen LogP contribution < -0.4 is 10.2 Å². The van der Waals surface area contributed by atoms with E-state index in [1.54, 1.807) is 11.8 Å². The number of aliphatic hydroxyl groups excluding tert-OH is 1. The molecule has 2 rings (SSSR count). The number of morpholine rings is 1. The monoisotopic (exact) mass is 381 g/mol. The fourth-order valence-electron chi connectivity index (χ4n) is 2.85. The predicted molar refractivity (Wildman–Crippen MR) is 106 cm³/mol. The highest BCUT2D eigenvalue weighted by atomic mass is 32.2. The summed E-state index contributed by atoms with van der Waals surface area (Å²) in [4.78, 5) is 19.7. The zero-order chi connectivity index (χ0) is 19.1. The molecule has 1 unspecified atom stereocenters. The molecule has 1 aromatic heterocycles. The Labute approximate surface area is 160 Å². The van der Waals surface area contributed by atoms with Crippen molar-refractivity contribution in [1.29, 1.82) is 0 Å². The Balaban J connectivity index is 2.14. The normalized spacial score (nSPS) is 16.0.